The van der Waals surface area contributed by atoms with Crippen molar-refractivity contribution in [3.05, 3.63) is 24.3 Å². The molecule has 3 N–H and O–H groups in total. The van der Waals surface area contributed by atoms with Gasteiger partial charge in [0.1, 0.15) is 0 Å². The van der Waals surface area contributed by atoms with Gasteiger partial charge in [0.2, 0.25) is 0 Å². The normalized spacial score (nSPS) is 19.6. The van der Waals surface area contributed by atoms with Crippen molar-refractivity contribution >= 4 is 22.5 Å². The molecule has 23 heavy (non-hydrogen) atoms. The maximum absolute atomic E-state index is 12.0. The minimum Gasteiger partial charge on any atom is -0.388 e. The fourth-order valence-corrected chi connectivity index (χ4v) is 3.55. The molecule has 6 heteroatoms. The second-order valence-electron chi connectivity index (χ2n) is 6.48. The highest BCUT2D eigenvalue weighted by Crippen LogP contribution is 2.32. The molecule has 2 unspecified atom stereocenters. The highest BCUT2D eigenvalue weighted by molar-refractivity contribution is 7.84. The number of carbonyl (C=O) groups is 1. The molecule has 2 atom stereocenters. The van der Waals surface area contributed by atoms with Crippen LogP contribution in [0.15, 0.2) is 29.2 Å². The summed E-state index contributed by atoms with van der Waals surface area (Å²) in [5, 5.41) is 16.0. The van der Waals surface area contributed by atoms with Gasteiger partial charge in [-0.15, -0.1) is 0 Å². The molecule has 0 aromatic heterocycles. The van der Waals surface area contributed by atoms with Crippen LogP contribution in [0, 0.1) is 5.92 Å². The van der Waals surface area contributed by atoms with Crippen LogP contribution >= 0.6 is 0 Å². The average molecular weight is 338 g/mol. The molecular formula is C17H26N2O3S. The van der Waals surface area contributed by atoms with Gasteiger partial charge in [-0.05, 0) is 49.9 Å². The van der Waals surface area contributed by atoms with Crippen molar-refractivity contribution in [2.75, 3.05) is 18.1 Å². The molecule has 5 nitrogen and oxygen atoms in total. The van der Waals surface area contributed by atoms with E-state index >= 15 is 0 Å². The molecule has 1 saturated carbocycles. The molecule has 0 bridgehead atoms. The first-order valence-electron chi connectivity index (χ1n) is 8.09. The Hall–Kier alpha value is -1.40. The minimum absolute atomic E-state index is 0.237. The van der Waals surface area contributed by atoms with E-state index in [1.807, 2.05) is 0 Å². The summed E-state index contributed by atoms with van der Waals surface area (Å²) in [7, 11) is -1.03. The van der Waals surface area contributed by atoms with Gasteiger partial charge in [0.05, 0.1) is 5.60 Å². The van der Waals surface area contributed by atoms with Crippen LogP contribution in [0.2, 0.25) is 0 Å². The van der Waals surface area contributed by atoms with Crippen molar-refractivity contribution in [1.29, 1.82) is 0 Å². The summed E-state index contributed by atoms with van der Waals surface area (Å²) in [6.07, 6.45) is 7.19. The number of amides is 2. The molecule has 1 aliphatic carbocycles. The summed E-state index contributed by atoms with van der Waals surface area (Å²) in [5.74, 6) is 0.246. The Bertz CT molecular complexity index is 551. The predicted octanol–water partition coefficient (Wildman–Crippen LogP) is 2.88. The lowest BCUT2D eigenvalue weighted by atomic mass is 9.78. The fourth-order valence-electron chi connectivity index (χ4n) is 3.03. The average Bonchev–Trinajstić information content (AvgIpc) is 2.54. The molecule has 0 radical (unpaired) electrons. The van der Waals surface area contributed by atoms with Gasteiger partial charge < -0.3 is 15.7 Å². The maximum Gasteiger partial charge on any atom is 0.319 e. The van der Waals surface area contributed by atoms with Gasteiger partial charge in [-0.2, -0.15) is 0 Å². The number of urea groups is 1. The third-order valence-electron chi connectivity index (χ3n) is 4.54. The number of carbonyl (C=O) groups excluding carboxylic acids is 1. The zero-order chi connectivity index (χ0) is 16.9. The van der Waals surface area contributed by atoms with E-state index in [0.717, 1.165) is 30.6 Å². The summed E-state index contributed by atoms with van der Waals surface area (Å²) >= 11 is 0. The van der Waals surface area contributed by atoms with Gasteiger partial charge in [0, 0.05) is 34.2 Å². The molecule has 1 aliphatic rings. The molecule has 2 rings (SSSR count). The number of rotatable bonds is 5. The fraction of sp³-hybridized carbons (Fsp3) is 0.588. The van der Waals surface area contributed by atoms with E-state index in [0.29, 0.717) is 5.69 Å². The third kappa shape index (κ3) is 5.32. The van der Waals surface area contributed by atoms with Crippen LogP contribution in [-0.4, -0.2) is 33.7 Å². The van der Waals surface area contributed by atoms with Crippen LogP contribution in [0.5, 0.6) is 0 Å². The molecule has 128 valence electrons. The monoisotopic (exact) mass is 338 g/mol. The second kappa shape index (κ2) is 7.93. The summed E-state index contributed by atoms with van der Waals surface area (Å²) in [4.78, 5) is 12.7. The van der Waals surface area contributed by atoms with Crippen LogP contribution < -0.4 is 10.6 Å². The van der Waals surface area contributed by atoms with E-state index < -0.39 is 16.4 Å². The zero-order valence-electron chi connectivity index (χ0n) is 13.8. The molecular weight excluding hydrogens is 312 g/mol. The first-order valence-corrected chi connectivity index (χ1v) is 9.65. The molecule has 0 heterocycles. The maximum atomic E-state index is 12.0. The first kappa shape index (κ1) is 17.9. The lowest BCUT2D eigenvalue weighted by Gasteiger charge is -2.35. The Morgan fingerprint density at radius 1 is 1.26 bits per heavy atom. The van der Waals surface area contributed by atoms with Crippen LogP contribution in [0.3, 0.4) is 0 Å². The topological polar surface area (TPSA) is 78.4 Å². The van der Waals surface area contributed by atoms with Gasteiger partial charge in [0.25, 0.3) is 0 Å². The number of aliphatic hydroxyl groups is 1. The summed E-state index contributed by atoms with van der Waals surface area (Å²) < 4.78 is 11.3. The highest BCUT2D eigenvalue weighted by atomic mass is 32.2. The van der Waals surface area contributed by atoms with E-state index in [9.17, 15) is 14.1 Å². The van der Waals surface area contributed by atoms with Crippen LogP contribution in [0.25, 0.3) is 0 Å². The van der Waals surface area contributed by atoms with Crippen LogP contribution in [0.4, 0.5) is 10.5 Å². The number of benzene rings is 1. The van der Waals surface area contributed by atoms with Crippen molar-refractivity contribution in [2.24, 2.45) is 5.92 Å². The Kier molecular flexibility index (Phi) is 6.18. The van der Waals surface area contributed by atoms with Gasteiger partial charge in [0.15, 0.2) is 0 Å². The summed E-state index contributed by atoms with van der Waals surface area (Å²) in [5.41, 5.74) is -0.241. The first-order chi connectivity index (χ1) is 10.9. The van der Waals surface area contributed by atoms with Gasteiger partial charge in [-0.25, -0.2) is 4.79 Å². The van der Waals surface area contributed by atoms with E-state index in [2.05, 4.69) is 10.6 Å². The lowest BCUT2D eigenvalue weighted by molar-refractivity contribution is -0.0127. The van der Waals surface area contributed by atoms with Crippen molar-refractivity contribution in [3.63, 3.8) is 0 Å². The Morgan fingerprint density at radius 2 is 1.87 bits per heavy atom. The summed E-state index contributed by atoms with van der Waals surface area (Å²) in [6, 6.07) is 6.55. The molecule has 1 fully saturated rings. The quantitative estimate of drug-likeness (QED) is 0.772. The standard InChI is InChI=1S/C17H26N2O3S/c1-17(21,13-6-4-3-5-7-13)12-18-16(20)19-14-8-10-15(11-9-14)23(2)22/h8-11,13,21H,3-7,12H2,1-2H3,(H2,18,19,20). The largest absolute Gasteiger partial charge is 0.388 e. The number of hydrogen-bond acceptors (Lipinski definition) is 3. The second-order valence-corrected chi connectivity index (χ2v) is 7.86. The Morgan fingerprint density at radius 3 is 2.43 bits per heavy atom. The van der Waals surface area contributed by atoms with Crippen molar-refractivity contribution in [2.45, 2.75) is 49.5 Å². The van der Waals surface area contributed by atoms with Gasteiger partial charge in [-0.1, -0.05) is 19.3 Å². The van der Waals surface area contributed by atoms with Crippen LogP contribution in [-0.2, 0) is 10.8 Å². The van der Waals surface area contributed by atoms with E-state index in [4.69, 9.17) is 0 Å². The predicted molar refractivity (Wildman–Crippen MR) is 93.0 cm³/mol. The Labute approximate surface area is 140 Å². The zero-order valence-corrected chi connectivity index (χ0v) is 14.6. The Balaban J connectivity index is 1.83. The molecule has 0 saturated heterocycles. The molecule has 1 aromatic rings. The van der Waals surface area contributed by atoms with Gasteiger partial charge in [-0.3, -0.25) is 4.21 Å². The van der Waals surface area contributed by atoms with Gasteiger partial charge >= 0.3 is 6.03 Å². The van der Waals surface area contributed by atoms with E-state index in [1.54, 1.807) is 37.4 Å². The SMILES string of the molecule is CS(=O)c1ccc(NC(=O)NCC(C)(O)C2CCCCC2)cc1. The van der Waals surface area contributed by atoms with Crippen molar-refractivity contribution < 1.29 is 14.1 Å². The molecule has 0 aliphatic heterocycles. The number of hydrogen-bond donors (Lipinski definition) is 3. The van der Waals surface area contributed by atoms with Crippen molar-refractivity contribution in [1.82, 2.24) is 5.32 Å². The van der Waals surface area contributed by atoms with E-state index in [1.165, 1.54) is 6.42 Å². The third-order valence-corrected chi connectivity index (χ3v) is 5.47. The highest BCUT2D eigenvalue weighted by Gasteiger charge is 2.32. The summed E-state index contributed by atoms with van der Waals surface area (Å²) in [6.45, 7) is 2.04. The minimum atomic E-state index is -1.03. The molecule has 1 aromatic carbocycles. The molecule has 2 amide bonds. The number of anilines is 1. The number of nitrogens with one attached hydrogen (secondary N) is 2. The smallest absolute Gasteiger partial charge is 0.319 e. The van der Waals surface area contributed by atoms with Crippen molar-refractivity contribution in [3.8, 4) is 0 Å². The van der Waals surface area contributed by atoms with E-state index in [-0.39, 0.29) is 18.5 Å². The van der Waals surface area contributed by atoms with Crippen LogP contribution in [0.1, 0.15) is 39.0 Å². The lowest BCUT2D eigenvalue weighted by Crippen LogP contribution is -2.47. The molecule has 0 spiro atoms.